The topological polar surface area (TPSA) is 66.4 Å². The SMILES string of the molecule is Cc1ccc(NC2=CC(=O)c3sc(CO)cc3C2=O)cc1. The minimum Gasteiger partial charge on any atom is -0.391 e. The summed E-state index contributed by atoms with van der Waals surface area (Å²) in [5.41, 5.74) is 2.51. The monoisotopic (exact) mass is 299 g/mol. The van der Waals surface area contributed by atoms with Gasteiger partial charge in [-0.1, -0.05) is 17.7 Å². The molecule has 0 unspecified atom stereocenters. The Bertz CT molecular complexity index is 756. The van der Waals surface area contributed by atoms with Crippen molar-refractivity contribution in [3.63, 3.8) is 0 Å². The average Bonchev–Trinajstić information content (AvgIpc) is 2.92. The molecule has 21 heavy (non-hydrogen) atoms. The molecule has 5 heteroatoms. The van der Waals surface area contributed by atoms with Crippen molar-refractivity contribution >= 4 is 28.6 Å². The van der Waals surface area contributed by atoms with Crippen molar-refractivity contribution in [1.82, 2.24) is 0 Å². The highest BCUT2D eigenvalue weighted by Crippen LogP contribution is 2.30. The number of allylic oxidation sites excluding steroid dienone is 2. The van der Waals surface area contributed by atoms with Gasteiger partial charge in [-0.2, -0.15) is 0 Å². The number of carbonyl (C=O) groups is 2. The lowest BCUT2D eigenvalue weighted by Gasteiger charge is -2.14. The molecule has 3 rings (SSSR count). The van der Waals surface area contributed by atoms with Crippen LogP contribution in [0.3, 0.4) is 0 Å². The number of aliphatic hydroxyl groups is 1. The third kappa shape index (κ3) is 2.53. The molecule has 1 aliphatic carbocycles. The van der Waals surface area contributed by atoms with Crippen LogP contribution in [0.1, 0.15) is 30.5 Å². The number of anilines is 1. The van der Waals surface area contributed by atoms with Crippen LogP contribution in [0.4, 0.5) is 5.69 Å². The smallest absolute Gasteiger partial charge is 0.210 e. The van der Waals surface area contributed by atoms with E-state index in [4.69, 9.17) is 5.11 Å². The van der Waals surface area contributed by atoms with Gasteiger partial charge in [0, 0.05) is 22.2 Å². The second kappa shape index (κ2) is 5.27. The number of hydrogen-bond acceptors (Lipinski definition) is 5. The number of Topliss-reactive ketones (excluding diaryl/α,β-unsaturated/α-hetero) is 1. The third-order valence-corrected chi connectivity index (χ3v) is 4.39. The first-order chi connectivity index (χ1) is 10.1. The summed E-state index contributed by atoms with van der Waals surface area (Å²) >= 11 is 1.16. The normalized spacial score (nSPS) is 13.9. The maximum atomic E-state index is 12.4. The first-order valence-corrected chi connectivity index (χ1v) is 7.28. The molecule has 2 N–H and O–H groups in total. The summed E-state index contributed by atoms with van der Waals surface area (Å²) in [6.07, 6.45) is 1.32. The molecule has 0 spiro atoms. The van der Waals surface area contributed by atoms with Gasteiger partial charge >= 0.3 is 0 Å². The molecule has 4 nitrogen and oxygen atoms in total. The summed E-state index contributed by atoms with van der Waals surface area (Å²) in [6, 6.07) is 9.16. The van der Waals surface area contributed by atoms with Crippen molar-refractivity contribution in [3.8, 4) is 0 Å². The first kappa shape index (κ1) is 13.7. The zero-order valence-electron chi connectivity index (χ0n) is 11.3. The number of ketones is 2. The number of aryl methyl sites for hydroxylation is 1. The van der Waals surface area contributed by atoms with E-state index in [1.807, 2.05) is 31.2 Å². The Morgan fingerprint density at radius 3 is 2.57 bits per heavy atom. The number of rotatable bonds is 3. The van der Waals surface area contributed by atoms with Gasteiger partial charge in [-0.3, -0.25) is 9.59 Å². The van der Waals surface area contributed by atoms with Crippen molar-refractivity contribution in [1.29, 1.82) is 0 Å². The highest BCUT2D eigenvalue weighted by molar-refractivity contribution is 7.14. The van der Waals surface area contributed by atoms with E-state index in [-0.39, 0.29) is 23.9 Å². The maximum Gasteiger partial charge on any atom is 0.210 e. The van der Waals surface area contributed by atoms with E-state index in [2.05, 4.69) is 5.32 Å². The Balaban J connectivity index is 1.92. The zero-order valence-corrected chi connectivity index (χ0v) is 12.2. The van der Waals surface area contributed by atoms with Crippen molar-refractivity contribution < 1.29 is 14.7 Å². The number of hydrogen-bond donors (Lipinski definition) is 2. The van der Waals surface area contributed by atoms with Crippen molar-refractivity contribution in [2.24, 2.45) is 0 Å². The molecule has 2 aromatic rings. The molecular weight excluding hydrogens is 286 g/mol. The number of benzene rings is 1. The molecule has 106 valence electrons. The van der Waals surface area contributed by atoms with Crippen LogP contribution in [-0.2, 0) is 6.61 Å². The molecule has 0 aliphatic heterocycles. The van der Waals surface area contributed by atoms with Crippen LogP contribution in [0.2, 0.25) is 0 Å². The lowest BCUT2D eigenvalue weighted by Crippen LogP contribution is -2.19. The van der Waals surface area contributed by atoms with Gasteiger partial charge in [-0.15, -0.1) is 11.3 Å². The second-order valence-corrected chi connectivity index (χ2v) is 5.99. The second-order valence-electron chi connectivity index (χ2n) is 4.86. The summed E-state index contributed by atoms with van der Waals surface area (Å²) in [6.45, 7) is 1.81. The highest BCUT2D eigenvalue weighted by atomic mass is 32.1. The maximum absolute atomic E-state index is 12.4. The van der Waals surface area contributed by atoms with Gasteiger partial charge in [0.25, 0.3) is 0 Å². The highest BCUT2D eigenvalue weighted by Gasteiger charge is 2.28. The van der Waals surface area contributed by atoms with Crippen LogP contribution in [0.25, 0.3) is 0 Å². The third-order valence-electron chi connectivity index (χ3n) is 3.26. The van der Waals surface area contributed by atoms with Crippen LogP contribution >= 0.6 is 11.3 Å². The van der Waals surface area contributed by atoms with Crippen LogP contribution in [-0.4, -0.2) is 16.7 Å². The number of thiophene rings is 1. The molecule has 0 amide bonds. The predicted molar refractivity (Wildman–Crippen MR) is 81.8 cm³/mol. The van der Waals surface area contributed by atoms with E-state index in [9.17, 15) is 9.59 Å². The average molecular weight is 299 g/mol. The summed E-state index contributed by atoms with van der Waals surface area (Å²) in [5, 5.41) is 12.1. The number of fused-ring (bicyclic) bond motifs is 1. The number of aliphatic hydroxyl groups excluding tert-OH is 1. The zero-order chi connectivity index (χ0) is 15.0. The summed E-state index contributed by atoms with van der Waals surface area (Å²) in [5.74, 6) is -0.426. The molecule has 0 saturated heterocycles. The minimum absolute atomic E-state index is 0.168. The molecule has 0 saturated carbocycles. The van der Waals surface area contributed by atoms with E-state index in [1.54, 1.807) is 6.07 Å². The molecule has 1 aromatic heterocycles. The first-order valence-electron chi connectivity index (χ1n) is 6.46. The lowest BCUT2D eigenvalue weighted by atomic mass is 10.00. The van der Waals surface area contributed by atoms with Crippen LogP contribution in [0, 0.1) is 6.92 Å². The fraction of sp³-hybridized carbons (Fsp3) is 0.125. The Labute approximate surface area is 125 Å². The summed E-state index contributed by atoms with van der Waals surface area (Å²) in [7, 11) is 0. The molecule has 1 aromatic carbocycles. The molecule has 1 aliphatic rings. The molecule has 0 fully saturated rings. The Kier molecular flexibility index (Phi) is 3.45. The summed E-state index contributed by atoms with van der Waals surface area (Å²) in [4.78, 5) is 25.5. The molecule has 0 atom stereocenters. The van der Waals surface area contributed by atoms with Crippen molar-refractivity contribution in [2.75, 3.05) is 5.32 Å². The van der Waals surface area contributed by atoms with Crippen LogP contribution < -0.4 is 5.32 Å². The summed E-state index contributed by atoms with van der Waals surface area (Å²) < 4.78 is 0. The van der Waals surface area contributed by atoms with E-state index < -0.39 is 0 Å². The van der Waals surface area contributed by atoms with Crippen LogP contribution in [0.5, 0.6) is 0 Å². The quantitative estimate of drug-likeness (QED) is 0.914. The van der Waals surface area contributed by atoms with E-state index >= 15 is 0 Å². The molecule has 0 bridgehead atoms. The van der Waals surface area contributed by atoms with E-state index in [0.717, 1.165) is 22.6 Å². The van der Waals surface area contributed by atoms with Gasteiger partial charge in [0.05, 0.1) is 17.2 Å². The van der Waals surface area contributed by atoms with Crippen LogP contribution in [0.15, 0.2) is 42.1 Å². The minimum atomic E-state index is -0.221. The van der Waals surface area contributed by atoms with E-state index in [0.29, 0.717) is 15.3 Å². The Morgan fingerprint density at radius 2 is 1.90 bits per heavy atom. The van der Waals surface area contributed by atoms with Gasteiger partial charge in [0.1, 0.15) is 0 Å². The lowest BCUT2D eigenvalue weighted by molar-refractivity contribution is 0.0988. The molecular formula is C16H13NO3S. The van der Waals surface area contributed by atoms with Gasteiger partial charge in [0.2, 0.25) is 5.78 Å². The molecule has 0 radical (unpaired) electrons. The van der Waals surface area contributed by atoms with Gasteiger partial charge in [0.15, 0.2) is 5.78 Å². The fourth-order valence-electron chi connectivity index (χ4n) is 2.16. The largest absolute Gasteiger partial charge is 0.391 e. The van der Waals surface area contributed by atoms with Gasteiger partial charge in [-0.25, -0.2) is 0 Å². The van der Waals surface area contributed by atoms with E-state index in [1.165, 1.54) is 6.08 Å². The Morgan fingerprint density at radius 1 is 1.19 bits per heavy atom. The Hall–Kier alpha value is -2.24. The predicted octanol–water partition coefficient (Wildman–Crippen LogP) is 2.92. The van der Waals surface area contributed by atoms with Crippen molar-refractivity contribution in [3.05, 3.63) is 63.0 Å². The van der Waals surface area contributed by atoms with Crippen molar-refractivity contribution in [2.45, 2.75) is 13.5 Å². The number of nitrogens with one attached hydrogen (secondary N) is 1. The van der Waals surface area contributed by atoms with Gasteiger partial charge in [-0.05, 0) is 25.1 Å². The fourth-order valence-corrected chi connectivity index (χ4v) is 3.09. The standard InChI is InChI=1S/C16H13NO3S/c1-9-2-4-10(5-3-9)17-13-7-14(19)16-12(15(13)20)6-11(8-18)21-16/h2-7,17-18H,8H2,1H3. The van der Waals surface area contributed by atoms with Gasteiger partial charge < -0.3 is 10.4 Å². The molecule has 1 heterocycles. The number of carbonyl (C=O) groups excluding carboxylic acids is 2.